The van der Waals surface area contributed by atoms with E-state index in [0.717, 1.165) is 72.8 Å². The van der Waals surface area contributed by atoms with Gasteiger partial charge in [0.25, 0.3) is 6.47 Å². The first-order valence-corrected chi connectivity index (χ1v) is 48.5. The number of halogens is 5. The van der Waals surface area contributed by atoms with Crippen molar-refractivity contribution in [1.82, 2.24) is 31.9 Å². The number of ketones is 3. The van der Waals surface area contributed by atoms with Crippen molar-refractivity contribution in [3.05, 3.63) is 176 Å². The second kappa shape index (κ2) is 50.1. The molecule has 0 saturated carbocycles. The molecule has 8 aliphatic rings. The number of nitrogens with two attached hydrogens (primary N) is 1. The minimum absolute atomic E-state index is 0.0122. The number of amides is 5. The third kappa shape index (κ3) is 27.0. The summed E-state index contributed by atoms with van der Waals surface area (Å²) in [4.78, 5) is 132. The molecular weight excluding hydrogens is 2000 g/mol. The summed E-state index contributed by atoms with van der Waals surface area (Å²) < 4.78 is 90.5. The van der Waals surface area contributed by atoms with E-state index in [2.05, 4.69) is 31.9 Å². The molecule has 8 aliphatic heterocycles. The topological polar surface area (TPSA) is 690 Å². The van der Waals surface area contributed by atoms with Gasteiger partial charge in [0.05, 0.1) is 71.1 Å². The average Bonchev–Trinajstić information content (AvgIpc) is 0.764. The molecule has 3 saturated heterocycles. The normalized spacial score (nSPS) is 27.9. The van der Waals surface area contributed by atoms with E-state index >= 15 is 24.0 Å². The lowest BCUT2D eigenvalue weighted by atomic mass is 9.84. The Balaban J connectivity index is 0.00000151. The van der Waals surface area contributed by atoms with Gasteiger partial charge in [-0.1, -0.05) is 98.6 Å². The second-order valence-electron chi connectivity index (χ2n) is 38.0. The number of rotatable bonds is 31. The number of ether oxygens (including phenoxy) is 8. The zero-order valence-electron chi connectivity index (χ0n) is 80.8. The molecule has 0 aliphatic carbocycles. The first-order chi connectivity index (χ1) is 70.0. The fourth-order valence-electron chi connectivity index (χ4n) is 18.4. The Morgan fingerprint density at radius 1 is 0.649 bits per heavy atom. The standard InChI is InChI=1S/C94H108Cl2F3N7O30.C7H14O5/c1-6-44(25-41(2)3)87(126)104-74-62(113)29-51(32-70(100)116)88(127)103-73-50-30-67(132-65-22-17-48(76(74)117)27-57(65)95)84(136-92-85(83(124)81(122)69(39-108)134-92)135-71-35-93(5,86(125)42(4)131-71)102-36-43-10-12-45(13-11-43)46-14-19-52(20-15-46)94(97,98)99)68(31-50)133-66-23-18-49(28-58(66)96)77(118)75-90(129)106-91(130-40-109)55-34-61(112)56(37-101-24-8-7-9-60(111)79(120)82(123)80(121)64(115)38-107)78(119)72(55)54-26-47(16-21-59(54)110)53(33-63(73)114)89(128)105-75;1-3-5(9)7(11)6(10)4(2-8)12-3/h10-23,26-28,30-31,34,40-42,44,51,53,64,69,71,73-77,79-83,85-86,91-92,101-102,107-108,110,112,115,117-125H,6-9,24-25,29,32-33,35-39H2,1-5H3,(H2,100,116)(H,103,127)(H,104,126)(H,105,128)(H,106,129);3-11H,2H2,1H3/t42-,44+,51-,53-,64+,69+,71-,73+,74-,75-,76+,77+,79-,80+,81?,82+,83?,85+,86+,91+,92-,93?;3-,4?,5?,6-,7+/m00/s1. The smallest absolute Gasteiger partial charge is 0.416 e. The first-order valence-electron chi connectivity index (χ1n) is 47.7. The van der Waals surface area contributed by atoms with Gasteiger partial charge in [-0.05, 0) is 165 Å². The number of carbonyl (C=O) groups is 9. The highest BCUT2D eigenvalue weighted by atomic mass is 35.5. The molecule has 0 spiro atoms. The SMILES string of the molecule is CC[C@H](CC(C)C)C(=O)N[C@H]1C(=O)C[C@@H](CC(N)=O)C(=O)N[C@H]2C(=O)C[C@@H]3C(=O)N[C@H](C(=O)N[C@H](OC=O)c4cc(O)c(CNCCCCC(=O)[C@H](O)[C@@H](O)[C@H](O)[C@H](O)CO)c(O)c4-c4cc3ccc4O)[C@H](O)c3ccc(c(Cl)c3)Oc3cc2cc(c3O[C@@H]2O[C@H](CO)C(O)C(O)[C@H]2O[C@H]2CC(C)(NCc3ccc(-c4ccc(C(F)(F)F)cc4)cc3)[C@H](O)[C@H](C)O2)Oc2ccc(cc2Cl)[C@H]1O.C[C@@H]1OC(CO)[C@H](O)[C@H](O)C1O. The molecule has 5 amide bonds. The summed E-state index contributed by atoms with van der Waals surface area (Å²) in [6.07, 6.45) is -41.4. The number of aliphatic hydroxyl groups is 15. The maximum absolute atomic E-state index is 16.6. The van der Waals surface area contributed by atoms with Crippen LogP contribution in [0.25, 0.3) is 22.3 Å². The molecule has 0 radical (unpaired) electrons. The van der Waals surface area contributed by atoms with Crippen molar-refractivity contribution in [2.45, 2.75) is 271 Å². The number of phenols is 3. The number of fused-ring (bicyclic) bond motifs is 15. The fraction of sp³-hybridized carbons (Fsp3) is 0.495. The van der Waals surface area contributed by atoms with Crippen LogP contribution in [-0.4, -0.2) is 293 Å². The molecule has 11 bridgehead atoms. The number of hydrogen-bond acceptors (Lipinski definition) is 37. The summed E-state index contributed by atoms with van der Waals surface area (Å²) in [7, 11) is 0. The van der Waals surface area contributed by atoms with Crippen LogP contribution in [0.15, 0.2) is 121 Å². The summed E-state index contributed by atoms with van der Waals surface area (Å²) in [6.45, 7) is 7.16. The van der Waals surface area contributed by atoms with Crippen molar-refractivity contribution in [3.8, 4) is 68.2 Å². The van der Waals surface area contributed by atoms with Crippen LogP contribution in [0.4, 0.5) is 13.2 Å². The van der Waals surface area contributed by atoms with Gasteiger partial charge in [0.1, 0.15) is 126 Å². The highest BCUT2D eigenvalue weighted by Crippen LogP contribution is 2.52. The Bertz CT molecular complexity index is 5880. The Morgan fingerprint density at radius 2 is 1.26 bits per heavy atom. The van der Waals surface area contributed by atoms with Gasteiger partial charge in [0.2, 0.25) is 47.8 Å². The number of hydrogen-bond donors (Lipinski definition) is 25. The van der Waals surface area contributed by atoms with E-state index in [1.54, 1.807) is 45.0 Å². The molecule has 26 N–H and O–H groups in total. The monoisotopic (exact) mass is 2120 g/mol. The van der Waals surface area contributed by atoms with Crippen LogP contribution in [0, 0.1) is 17.8 Å². The Hall–Kier alpha value is -11.3. The minimum Gasteiger partial charge on any atom is -0.507 e. The van der Waals surface area contributed by atoms with Gasteiger partial charge >= 0.3 is 6.18 Å². The predicted octanol–water partition coefficient (Wildman–Crippen LogP) is 3.20. The molecule has 148 heavy (non-hydrogen) atoms. The van der Waals surface area contributed by atoms with E-state index in [1.807, 2.05) is 13.8 Å². The number of nitrogens with one attached hydrogen (secondary N) is 6. The number of alkyl halides is 3. The Kier molecular flexibility index (Phi) is 39.1. The second-order valence-corrected chi connectivity index (χ2v) is 38.8. The van der Waals surface area contributed by atoms with Crippen LogP contribution in [0.2, 0.25) is 10.0 Å². The fourth-order valence-corrected chi connectivity index (χ4v) is 18.9. The average molecular weight is 2120 g/mol. The molecule has 5 unspecified atom stereocenters. The number of unbranched alkanes of at least 4 members (excludes halogenated alkanes) is 1. The lowest BCUT2D eigenvalue weighted by molar-refractivity contribution is -0.334. The third-order valence-corrected chi connectivity index (χ3v) is 27.6. The van der Waals surface area contributed by atoms with Gasteiger partial charge in [0.15, 0.2) is 41.2 Å². The predicted molar refractivity (Wildman–Crippen MR) is 513 cm³/mol. The molecule has 0 aromatic heterocycles. The van der Waals surface area contributed by atoms with Crippen molar-refractivity contribution >= 4 is 76.6 Å². The molecule has 7 aromatic carbocycles. The third-order valence-electron chi connectivity index (χ3n) is 27.0. The number of Topliss-reactive ketones (excluding diaryl/α,β-unsaturated/α-hetero) is 3. The van der Waals surface area contributed by atoms with E-state index in [0.29, 0.717) is 23.1 Å². The summed E-state index contributed by atoms with van der Waals surface area (Å²) in [6, 6.07) is 18.1. The zero-order valence-corrected chi connectivity index (χ0v) is 82.3. The van der Waals surface area contributed by atoms with Crippen LogP contribution < -0.4 is 51.8 Å². The number of benzene rings is 7. The summed E-state index contributed by atoms with van der Waals surface area (Å²) >= 11 is 14.5. The summed E-state index contributed by atoms with van der Waals surface area (Å²) in [5.74, 6) is -19.2. The van der Waals surface area contributed by atoms with Crippen molar-refractivity contribution in [1.29, 1.82) is 0 Å². The quantitative estimate of drug-likeness (QED) is 0.0219. The molecule has 8 heterocycles. The molecular formula is C101H122Cl2F3N7O35. The molecule has 806 valence electrons. The number of primary amides is 1. The Morgan fingerprint density at radius 3 is 1.84 bits per heavy atom. The highest BCUT2D eigenvalue weighted by molar-refractivity contribution is 6.32. The van der Waals surface area contributed by atoms with Gasteiger partial charge in [-0.3, -0.25) is 43.2 Å². The number of aromatic hydroxyl groups is 3. The van der Waals surface area contributed by atoms with Crippen molar-refractivity contribution in [3.63, 3.8) is 0 Å². The van der Waals surface area contributed by atoms with Gasteiger partial charge in [-0.25, -0.2) is 0 Å². The summed E-state index contributed by atoms with van der Waals surface area (Å²) in [5, 5.41) is 211. The van der Waals surface area contributed by atoms with E-state index in [4.69, 9.17) is 71.9 Å². The van der Waals surface area contributed by atoms with Crippen molar-refractivity contribution in [2.75, 3.05) is 26.4 Å². The van der Waals surface area contributed by atoms with Crippen LogP contribution in [0.3, 0.4) is 0 Å². The van der Waals surface area contributed by atoms with E-state index < -0.39 is 329 Å². The molecule has 42 nitrogen and oxygen atoms in total. The first kappa shape index (κ1) is 115. The van der Waals surface area contributed by atoms with Gasteiger partial charge < -0.3 is 167 Å². The van der Waals surface area contributed by atoms with Crippen LogP contribution in [-0.2, 0) is 86.1 Å². The van der Waals surface area contributed by atoms with Crippen molar-refractivity contribution < 1.29 is 186 Å². The van der Waals surface area contributed by atoms with Crippen molar-refractivity contribution in [2.24, 2.45) is 23.5 Å². The van der Waals surface area contributed by atoms with Gasteiger partial charge in [0, 0.05) is 73.3 Å². The van der Waals surface area contributed by atoms with Crippen LogP contribution in [0.5, 0.6) is 46.0 Å². The Labute approximate surface area is 855 Å². The largest absolute Gasteiger partial charge is 0.507 e. The summed E-state index contributed by atoms with van der Waals surface area (Å²) in [5.41, 5.74) is 2.39. The van der Waals surface area contributed by atoms with Crippen LogP contribution >= 0.6 is 23.2 Å². The van der Waals surface area contributed by atoms with Gasteiger partial charge in [-0.2, -0.15) is 13.2 Å². The molecule has 47 heteroatoms. The number of phenolic OH excluding ortho intramolecular Hbond substituents is 3. The van der Waals surface area contributed by atoms with E-state index in [9.17, 15) is 119 Å². The maximum atomic E-state index is 16.6. The molecule has 15 rings (SSSR count). The van der Waals surface area contributed by atoms with E-state index in [-0.39, 0.29) is 97.2 Å². The highest BCUT2D eigenvalue weighted by Gasteiger charge is 2.53. The zero-order chi connectivity index (χ0) is 108. The number of carbonyl (C=O) groups excluding carboxylic acids is 9. The van der Waals surface area contributed by atoms with Gasteiger partial charge in [-0.15, -0.1) is 0 Å². The molecule has 27 atom stereocenters. The van der Waals surface area contributed by atoms with Crippen LogP contribution in [0.1, 0.15) is 174 Å². The maximum Gasteiger partial charge on any atom is 0.416 e. The lowest BCUT2D eigenvalue weighted by Gasteiger charge is -2.48. The lowest BCUT2D eigenvalue weighted by Crippen LogP contribution is -2.65. The molecule has 3 fully saturated rings. The number of aliphatic hydroxyl groups excluding tert-OH is 15. The molecule has 7 aromatic rings. The van der Waals surface area contributed by atoms with E-state index in [1.165, 1.54) is 31.2 Å². The minimum atomic E-state index is -4.56.